The molecule has 0 heterocycles. The van der Waals surface area contributed by atoms with Crippen molar-refractivity contribution < 1.29 is 0 Å². The van der Waals surface area contributed by atoms with Gasteiger partial charge in [0.25, 0.3) is 0 Å². The van der Waals surface area contributed by atoms with Gasteiger partial charge in [-0.25, -0.2) is 5.53 Å². The summed E-state index contributed by atoms with van der Waals surface area (Å²) >= 11 is 0. The van der Waals surface area contributed by atoms with E-state index in [1.54, 1.807) is 0 Å². The SMILES string of the molecule is N=NCC(c1ccccc1)c1ccccc1. The van der Waals surface area contributed by atoms with Crippen molar-refractivity contribution in [3.05, 3.63) is 71.8 Å². The van der Waals surface area contributed by atoms with E-state index in [-0.39, 0.29) is 5.92 Å². The Hall–Kier alpha value is -1.96. The number of hydrogen-bond donors (Lipinski definition) is 1. The minimum absolute atomic E-state index is 0.194. The second-order valence-electron chi connectivity index (χ2n) is 3.71. The van der Waals surface area contributed by atoms with Crippen molar-refractivity contribution in [1.29, 1.82) is 5.53 Å². The number of nitrogens with one attached hydrogen (secondary N) is 1. The summed E-state index contributed by atoms with van der Waals surface area (Å²) in [7, 11) is 0. The number of rotatable bonds is 4. The van der Waals surface area contributed by atoms with Gasteiger partial charge in [-0.15, -0.1) is 0 Å². The maximum absolute atomic E-state index is 7.06. The topological polar surface area (TPSA) is 36.2 Å². The molecule has 2 aromatic rings. The lowest BCUT2D eigenvalue weighted by Gasteiger charge is -2.14. The highest BCUT2D eigenvalue weighted by Gasteiger charge is 2.12. The smallest absolute Gasteiger partial charge is 0.0705 e. The molecule has 0 saturated carbocycles. The van der Waals surface area contributed by atoms with Gasteiger partial charge >= 0.3 is 0 Å². The molecule has 2 aromatic carbocycles. The van der Waals surface area contributed by atoms with Gasteiger partial charge in [0.1, 0.15) is 0 Å². The lowest BCUT2D eigenvalue weighted by Crippen LogP contribution is -2.04. The number of nitrogens with zero attached hydrogens (tertiary/aromatic N) is 1. The molecule has 16 heavy (non-hydrogen) atoms. The van der Waals surface area contributed by atoms with Crippen molar-refractivity contribution in [2.75, 3.05) is 6.54 Å². The summed E-state index contributed by atoms with van der Waals surface area (Å²) in [6, 6.07) is 20.4. The normalized spacial score (nSPS) is 10.3. The van der Waals surface area contributed by atoms with Crippen molar-refractivity contribution in [3.8, 4) is 0 Å². The first-order valence-electron chi connectivity index (χ1n) is 5.35. The van der Waals surface area contributed by atoms with E-state index in [2.05, 4.69) is 29.4 Å². The fraction of sp³-hybridized carbons (Fsp3) is 0.143. The van der Waals surface area contributed by atoms with E-state index in [4.69, 9.17) is 5.53 Å². The van der Waals surface area contributed by atoms with Crippen molar-refractivity contribution >= 4 is 0 Å². The van der Waals surface area contributed by atoms with Crippen LogP contribution in [0.1, 0.15) is 17.0 Å². The van der Waals surface area contributed by atoms with Crippen LogP contribution in [0.5, 0.6) is 0 Å². The fourth-order valence-corrected chi connectivity index (χ4v) is 1.87. The molecule has 80 valence electrons. The maximum atomic E-state index is 7.06. The molecule has 2 heteroatoms. The molecule has 0 aliphatic heterocycles. The Kier molecular flexibility index (Phi) is 3.44. The standard InChI is InChI=1S/C14H14N2/c15-16-11-14(12-7-3-1-4-8-12)13-9-5-2-6-10-13/h1-10,14-15H,11H2. The highest BCUT2D eigenvalue weighted by molar-refractivity contribution is 5.32. The molecule has 2 nitrogen and oxygen atoms in total. The molecule has 0 saturated heterocycles. The van der Waals surface area contributed by atoms with E-state index >= 15 is 0 Å². The molecule has 0 fully saturated rings. The van der Waals surface area contributed by atoms with Crippen LogP contribution in [-0.2, 0) is 0 Å². The molecular formula is C14H14N2. The zero-order valence-electron chi connectivity index (χ0n) is 9.01. The summed E-state index contributed by atoms with van der Waals surface area (Å²) < 4.78 is 0. The molecule has 0 unspecified atom stereocenters. The van der Waals surface area contributed by atoms with Crippen molar-refractivity contribution in [3.63, 3.8) is 0 Å². The van der Waals surface area contributed by atoms with Crippen LogP contribution in [0.2, 0.25) is 0 Å². The van der Waals surface area contributed by atoms with Crippen molar-refractivity contribution in [2.45, 2.75) is 5.92 Å². The predicted octanol–water partition coefficient (Wildman–Crippen LogP) is 3.85. The lowest BCUT2D eigenvalue weighted by molar-refractivity contribution is 0.766. The van der Waals surface area contributed by atoms with Gasteiger partial charge in [-0.1, -0.05) is 60.7 Å². The maximum Gasteiger partial charge on any atom is 0.0705 e. The van der Waals surface area contributed by atoms with Gasteiger partial charge in [0.15, 0.2) is 0 Å². The van der Waals surface area contributed by atoms with Gasteiger partial charge in [0.2, 0.25) is 0 Å². The molecule has 0 bridgehead atoms. The Morgan fingerprint density at radius 3 is 1.62 bits per heavy atom. The monoisotopic (exact) mass is 210 g/mol. The van der Waals surface area contributed by atoms with Gasteiger partial charge in [-0.3, -0.25) is 0 Å². The lowest BCUT2D eigenvalue weighted by atomic mass is 9.91. The Bertz CT molecular complexity index is 397. The fourth-order valence-electron chi connectivity index (χ4n) is 1.87. The molecule has 1 N–H and O–H groups in total. The first-order valence-corrected chi connectivity index (χ1v) is 5.35. The molecule has 0 aliphatic rings. The van der Waals surface area contributed by atoms with Crippen LogP contribution in [0, 0.1) is 5.53 Å². The van der Waals surface area contributed by atoms with Crippen molar-refractivity contribution in [1.82, 2.24) is 0 Å². The predicted molar refractivity (Wildman–Crippen MR) is 64.7 cm³/mol. The van der Waals surface area contributed by atoms with Crippen LogP contribution in [0.4, 0.5) is 0 Å². The molecule has 2 rings (SSSR count). The molecule has 0 aromatic heterocycles. The van der Waals surface area contributed by atoms with Gasteiger partial charge in [0, 0.05) is 5.92 Å². The average Bonchev–Trinajstić information content (AvgIpc) is 2.38. The van der Waals surface area contributed by atoms with Crippen LogP contribution in [0.25, 0.3) is 0 Å². The minimum Gasteiger partial charge on any atom is -0.210 e. The third-order valence-corrected chi connectivity index (χ3v) is 2.68. The summed E-state index contributed by atoms with van der Waals surface area (Å²) in [6.45, 7) is 0.508. The van der Waals surface area contributed by atoms with Crippen LogP contribution >= 0.6 is 0 Å². The first-order chi connectivity index (χ1) is 7.92. The quantitative estimate of drug-likeness (QED) is 0.744. The summed E-state index contributed by atoms with van der Waals surface area (Å²) in [5.41, 5.74) is 9.48. The molecular weight excluding hydrogens is 196 g/mol. The summed E-state index contributed by atoms with van der Waals surface area (Å²) in [6.07, 6.45) is 0. The minimum atomic E-state index is 0.194. The van der Waals surface area contributed by atoms with E-state index in [1.165, 1.54) is 11.1 Å². The summed E-state index contributed by atoms with van der Waals surface area (Å²) in [5.74, 6) is 0.194. The Morgan fingerprint density at radius 1 is 0.812 bits per heavy atom. The van der Waals surface area contributed by atoms with Crippen LogP contribution in [-0.4, -0.2) is 6.54 Å². The van der Waals surface area contributed by atoms with Gasteiger partial charge in [0.05, 0.1) is 6.54 Å². The van der Waals surface area contributed by atoms with Crippen molar-refractivity contribution in [2.24, 2.45) is 5.11 Å². The average molecular weight is 210 g/mol. The second-order valence-corrected chi connectivity index (χ2v) is 3.71. The number of hydrogen-bond acceptors (Lipinski definition) is 2. The Morgan fingerprint density at radius 2 is 1.25 bits per heavy atom. The Balaban J connectivity index is 2.35. The molecule has 0 amide bonds. The molecule has 0 atom stereocenters. The van der Waals surface area contributed by atoms with Crippen LogP contribution in [0.15, 0.2) is 65.8 Å². The first kappa shape index (κ1) is 10.6. The van der Waals surface area contributed by atoms with Crippen LogP contribution < -0.4 is 0 Å². The molecule has 0 aliphatic carbocycles. The summed E-state index contributed by atoms with van der Waals surface area (Å²) in [4.78, 5) is 0. The zero-order chi connectivity index (χ0) is 11.2. The van der Waals surface area contributed by atoms with E-state index in [9.17, 15) is 0 Å². The third-order valence-electron chi connectivity index (χ3n) is 2.68. The van der Waals surface area contributed by atoms with E-state index in [0.29, 0.717) is 6.54 Å². The highest BCUT2D eigenvalue weighted by Crippen LogP contribution is 2.24. The van der Waals surface area contributed by atoms with E-state index in [1.807, 2.05) is 36.4 Å². The van der Waals surface area contributed by atoms with Gasteiger partial charge in [-0.05, 0) is 11.1 Å². The largest absolute Gasteiger partial charge is 0.210 e. The van der Waals surface area contributed by atoms with Gasteiger partial charge in [-0.2, -0.15) is 5.11 Å². The van der Waals surface area contributed by atoms with Crippen LogP contribution in [0.3, 0.4) is 0 Å². The summed E-state index contributed by atoms with van der Waals surface area (Å²) in [5, 5.41) is 3.54. The molecule has 0 radical (unpaired) electrons. The second kappa shape index (κ2) is 5.21. The van der Waals surface area contributed by atoms with E-state index in [0.717, 1.165) is 0 Å². The molecule has 0 spiro atoms. The Labute approximate surface area is 95.5 Å². The van der Waals surface area contributed by atoms with Gasteiger partial charge < -0.3 is 0 Å². The third kappa shape index (κ3) is 2.34. The highest BCUT2D eigenvalue weighted by atomic mass is 14.9. The number of benzene rings is 2. The zero-order valence-corrected chi connectivity index (χ0v) is 9.01. The van der Waals surface area contributed by atoms with E-state index < -0.39 is 0 Å².